The third kappa shape index (κ3) is 6.42. The van der Waals surface area contributed by atoms with E-state index in [9.17, 15) is 5.11 Å². The molecule has 0 saturated carbocycles. The summed E-state index contributed by atoms with van der Waals surface area (Å²) in [6.07, 6.45) is 1.61. The minimum Gasteiger partial charge on any atom is -0.497 e. The van der Waals surface area contributed by atoms with E-state index in [1.165, 1.54) is 0 Å². The molecule has 1 N–H and O–H groups in total. The fourth-order valence-electron chi connectivity index (χ4n) is 3.01. The van der Waals surface area contributed by atoms with Crippen molar-refractivity contribution in [3.05, 3.63) is 62.2 Å². The Morgan fingerprint density at radius 2 is 1.38 bits per heavy atom. The predicted octanol–water partition coefficient (Wildman–Crippen LogP) is 2.50. The molecule has 1 fully saturated rings. The highest BCUT2D eigenvalue weighted by atomic mass is 16.7. The molecule has 2 rings (SSSR count). The van der Waals surface area contributed by atoms with Crippen LogP contribution < -0.4 is 9.47 Å². The molecule has 0 unspecified atom stereocenters. The Labute approximate surface area is 172 Å². The van der Waals surface area contributed by atoms with Gasteiger partial charge in [0.05, 0.1) is 33.5 Å². The number of benzene rings is 1. The third-order valence-corrected chi connectivity index (χ3v) is 4.30. The highest BCUT2D eigenvalue weighted by Crippen LogP contribution is 2.30. The molecule has 1 aromatic carbocycles. The fourth-order valence-corrected chi connectivity index (χ4v) is 3.01. The van der Waals surface area contributed by atoms with Crippen molar-refractivity contribution in [2.24, 2.45) is 0 Å². The SMILES string of the molecule is C=CCO[C@H]1[C@@H](OCC=C)[C@@H](CO)O[C@H](Oc2ccc(OC)cc2)[C@@H]1OCC=C. The second kappa shape index (κ2) is 12.4. The van der Waals surface area contributed by atoms with Crippen LogP contribution >= 0.6 is 0 Å². The van der Waals surface area contributed by atoms with E-state index in [4.69, 9.17) is 28.4 Å². The molecule has 0 aliphatic carbocycles. The van der Waals surface area contributed by atoms with Gasteiger partial charge in [0.2, 0.25) is 6.29 Å². The molecule has 1 aliphatic heterocycles. The van der Waals surface area contributed by atoms with Crippen LogP contribution in [0.2, 0.25) is 0 Å². The number of aliphatic hydroxyl groups excluding tert-OH is 1. The van der Waals surface area contributed by atoms with E-state index in [1.807, 2.05) is 0 Å². The summed E-state index contributed by atoms with van der Waals surface area (Å²) in [4.78, 5) is 0. The molecule has 1 heterocycles. The van der Waals surface area contributed by atoms with Crippen molar-refractivity contribution in [1.29, 1.82) is 0 Å². The third-order valence-electron chi connectivity index (χ3n) is 4.30. The van der Waals surface area contributed by atoms with Crippen LogP contribution in [0.3, 0.4) is 0 Å². The van der Waals surface area contributed by atoms with E-state index in [1.54, 1.807) is 49.6 Å². The summed E-state index contributed by atoms with van der Waals surface area (Å²) in [7, 11) is 1.59. The lowest BCUT2D eigenvalue weighted by Crippen LogP contribution is -2.62. The van der Waals surface area contributed by atoms with Gasteiger partial charge in [-0.3, -0.25) is 0 Å². The molecule has 1 aliphatic rings. The number of hydrogen-bond acceptors (Lipinski definition) is 7. The number of methoxy groups -OCH3 is 1. The largest absolute Gasteiger partial charge is 0.497 e. The van der Waals surface area contributed by atoms with Gasteiger partial charge >= 0.3 is 0 Å². The van der Waals surface area contributed by atoms with Crippen molar-refractivity contribution >= 4 is 0 Å². The standard InChI is InChI=1S/C22H30O7/c1-5-12-25-19-18(15-23)29-22(28-17-10-8-16(24-4)9-11-17)21(27-14-7-3)20(19)26-13-6-2/h5-11,18-23H,1-3,12-15H2,4H3/t18-,19+,20+,21-,22+/m1/s1. The molecule has 5 atom stereocenters. The highest BCUT2D eigenvalue weighted by Gasteiger charge is 2.49. The maximum Gasteiger partial charge on any atom is 0.229 e. The highest BCUT2D eigenvalue weighted by molar-refractivity contribution is 5.31. The molecule has 7 heteroatoms. The topological polar surface area (TPSA) is 75.6 Å². The number of aliphatic hydroxyl groups is 1. The summed E-state index contributed by atoms with van der Waals surface area (Å²) in [6, 6.07) is 7.09. The molecule has 0 bridgehead atoms. The first-order valence-corrected chi connectivity index (χ1v) is 9.43. The summed E-state index contributed by atoms with van der Waals surface area (Å²) in [5, 5.41) is 9.88. The van der Waals surface area contributed by atoms with Crippen molar-refractivity contribution in [1.82, 2.24) is 0 Å². The Morgan fingerprint density at radius 1 is 0.862 bits per heavy atom. The Bertz CT molecular complexity index is 631. The minimum atomic E-state index is -0.834. The zero-order valence-corrected chi connectivity index (χ0v) is 16.8. The van der Waals surface area contributed by atoms with E-state index in [2.05, 4.69) is 19.7 Å². The molecule has 1 saturated heterocycles. The molecule has 1 aromatic rings. The zero-order valence-electron chi connectivity index (χ0n) is 16.8. The molecular formula is C22H30O7. The Morgan fingerprint density at radius 3 is 1.90 bits per heavy atom. The maximum absolute atomic E-state index is 9.88. The summed E-state index contributed by atoms with van der Waals surface area (Å²) in [5.41, 5.74) is 0. The van der Waals surface area contributed by atoms with Crippen LogP contribution in [0.1, 0.15) is 0 Å². The Hall–Kier alpha value is -2.16. The minimum absolute atomic E-state index is 0.266. The van der Waals surface area contributed by atoms with Gasteiger partial charge in [0.15, 0.2) is 0 Å². The van der Waals surface area contributed by atoms with Gasteiger partial charge in [-0.1, -0.05) is 18.2 Å². The molecule has 7 nitrogen and oxygen atoms in total. The lowest BCUT2D eigenvalue weighted by atomic mass is 9.98. The average Bonchev–Trinajstić information content (AvgIpc) is 2.76. The smallest absolute Gasteiger partial charge is 0.229 e. The maximum atomic E-state index is 9.88. The zero-order chi connectivity index (χ0) is 21.1. The number of hydrogen-bond donors (Lipinski definition) is 1. The average molecular weight is 406 g/mol. The van der Waals surface area contributed by atoms with Crippen LogP contribution in [-0.2, 0) is 18.9 Å². The quantitative estimate of drug-likeness (QED) is 0.505. The van der Waals surface area contributed by atoms with Crippen LogP contribution in [0.15, 0.2) is 62.2 Å². The number of rotatable bonds is 13. The van der Waals surface area contributed by atoms with Crippen molar-refractivity contribution in [3.8, 4) is 11.5 Å². The second-order valence-electron chi connectivity index (χ2n) is 6.28. The first-order valence-electron chi connectivity index (χ1n) is 9.43. The van der Waals surface area contributed by atoms with E-state index >= 15 is 0 Å². The molecular weight excluding hydrogens is 376 g/mol. The van der Waals surface area contributed by atoms with Gasteiger partial charge in [0.1, 0.15) is 35.9 Å². The Kier molecular flexibility index (Phi) is 9.90. The summed E-state index contributed by atoms with van der Waals surface area (Å²) >= 11 is 0. The van der Waals surface area contributed by atoms with Gasteiger partial charge in [-0.05, 0) is 24.3 Å². The van der Waals surface area contributed by atoms with E-state index in [0.29, 0.717) is 11.5 Å². The van der Waals surface area contributed by atoms with Gasteiger partial charge in [-0.15, -0.1) is 19.7 Å². The van der Waals surface area contributed by atoms with E-state index < -0.39 is 30.7 Å². The normalized spacial score (nSPS) is 26.5. The van der Waals surface area contributed by atoms with Gasteiger partial charge in [0.25, 0.3) is 0 Å². The van der Waals surface area contributed by atoms with Crippen molar-refractivity contribution in [3.63, 3.8) is 0 Å². The lowest BCUT2D eigenvalue weighted by Gasteiger charge is -2.45. The van der Waals surface area contributed by atoms with Crippen LogP contribution in [0.25, 0.3) is 0 Å². The monoisotopic (exact) mass is 406 g/mol. The van der Waals surface area contributed by atoms with Crippen LogP contribution in [0.4, 0.5) is 0 Å². The van der Waals surface area contributed by atoms with E-state index in [-0.39, 0.29) is 26.4 Å². The second-order valence-corrected chi connectivity index (χ2v) is 6.28. The molecule has 0 aromatic heterocycles. The van der Waals surface area contributed by atoms with E-state index in [0.717, 1.165) is 0 Å². The molecule has 160 valence electrons. The summed E-state index contributed by atoms with van der Waals surface area (Å²) in [5.74, 6) is 1.27. The first kappa shape index (κ1) is 23.1. The van der Waals surface area contributed by atoms with Crippen LogP contribution in [0, 0.1) is 0 Å². The van der Waals surface area contributed by atoms with Gasteiger partial charge in [-0.25, -0.2) is 0 Å². The lowest BCUT2D eigenvalue weighted by molar-refractivity contribution is -0.298. The molecule has 0 amide bonds. The van der Waals surface area contributed by atoms with Crippen LogP contribution in [-0.4, -0.2) is 69.3 Å². The summed E-state index contributed by atoms with van der Waals surface area (Å²) in [6.45, 7) is 11.6. The van der Waals surface area contributed by atoms with Crippen molar-refractivity contribution in [2.75, 3.05) is 33.5 Å². The van der Waals surface area contributed by atoms with Gasteiger partial charge in [-0.2, -0.15) is 0 Å². The molecule has 0 radical (unpaired) electrons. The van der Waals surface area contributed by atoms with Gasteiger partial charge < -0.3 is 33.5 Å². The van der Waals surface area contributed by atoms with Gasteiger partial charge in [0, 0.05) is 0 Å². The molecule has 29 heavy (non-hydrogen) atoms. The van der Waals surface area contributed by atoms with Crippen LogP contribution in [0.5, 0.6) is 11.5 Å². The number of ether oxygens (including phenoxy) is 6. The summed E-state index contributed by atoms with van der Waals surface area (Å²) < 4.78 is 34.9. The molecule has 0 spiro atoms. The fraction of sp³-hybridized carbons (Fsp3) is 0.455. The van der Waals surface area contributed by atoms with Crippen molar-refractivity contribution in [2.45, 2.75) is 30.7 Å². The van der Waals surface area contributed by atoms with Crippen molar-refractivity contribution < 1.29 is 33.5 Å². The predicted molar refractivity (Wildman–Crippen MR) is 109 cm³/mol. The Balaban J connectivity index is 2.28. The first-order chi connectivity index (χ1) is 14.2.